The number of anilines is 2. The molecule has 3 aromatic carbocycles. The van der Waals surface area contributed by atoms with Gasteiger partial charge in [0.1, 0.15) is 24.4 Å². The first kappa shape index (κ1) is 38.8. The van der Waals surface area contributed by atoms with E-state index in [4.69, 9.17) is 27.7 Å². The number of nitrogens with one attached hydrogen (secondary N) is 6. The van der Waals surface area contributed by atoms with Gasteiger partial charge in [-0.25, -0.2) is 8.42 Å². The van der Waals surface area contributed by atoms with Crippen molar-refractivity contribution in [3.05, 3.63) is 92.0 Å². The summed E-state index contributed by atoms with van der Waals surface area (Å²) in [6.45, 7) is 1.27. The largest absolute Gasteiger partial charge is 0.491 e. The van der Waals surface area contributed by atoms with Gasteiger partial charge in [-0.05, 0) is 73.4 Å². The summed E-state index contributed by atoms with van der Waals surface area (Å²) in [5.74, 6) is -2.02. The maximum atomic E-state index is 13.7. The van der Waals surface area contributed by atoms with Crippen LogP contribution in [-0.2, 0) is 26.0 Å². The van der Waals surface area contributed by atoms with Crippen LogP contribution >= 0.6 is 0 Å². The number of aliphatic imine (C=N–C) groups is 1. The first-order valence-corrected chi connectivity index (χ1v) is 18.2. The van der Waals surface area contributed by atoms with E-state index in [0.717, 1.165) is 5.56 Å². The van der Waals surface area contributed by atoms with E-state index in [-0.39, 0.29) is 70.6 Å². The fourth-order valence-electron chi connectivity index (χ4n) is 5.65. The van der Waals surface area contributed by atoms with Gasteiger partial charge in [0.2, 0.25) is 11.8 Å². The number of fused-ring (bicyclic) bond motifs is 2. The van der Waals surface area contributed by atoms with Gasteiger partial charge in [0.25, 0.3) is 15.9 Å². The summed E-state index contributed by atoms with van der Waals surface area (Å²) in [6.07, 6.45) is 0.864. The standard InChI is InChI=1S/C34H41N11O8S/c1-17-11-24-25(43-33(50)32(49)42-24)14-28(17)54(51,52)45-20-8-9-27-22(13-20)29(46)40-15-23(36)30(47)44-26(12-18-4-6-19(35)7-5-18)31(48)41-21(16-53-27)3-2-10-39-34(37)38/h4-9,11,13-14,21,23,26,45H,2-3,10,12,15-16,35-36H2,1H3,(H,40,46)(H,41,48)(H,42,49)(H,43,50)(H,44,47)(H4,37,38,39)/t21-,23+,26-/m0/s1. The van der Waals surface area contributed by atoms with Crippen LogP contribution in [0.4, 0.5) is 11.4 Å². The summed E-state index contributed by atoms with van der Waals surface area (Å²) in [6, 6.07) is 10.4. The molecule has 0 saturated carbocycles. The number of hydrogen-bond donors (Lipinski definition) is 10. The molecule has 0 aliphatic carbocycles. The van der Waals surface area contributed by atoms with Gasteiger partial charge < -0.3 is 53.6 Å². The van der Waals surface area contributed by atoms with Crippen molar-refractivity contribution in [3.8, 4) is 5.75 Å². The molecule has 0 bridgehead atoms. The average Bonchev–Trinajstić information content (AvgIpc) is 3.11. The lowest BCUT2D eigenvalue weighted by Gasteiger charge is -2.26. The Balaban J connectivity index is 1.44. The lowest BCUT2D eigenvalue weighted by atomic mass is 10.0. The van der Waals surface area contributed by atoms with Gasteiger partial charge in [-0.2, -0.15) is 0 Å². The molecule has 1 aliphatic rings. The second-order valence-electron chi connectivity index (χ2n) is 12.7. The van der Waals surface area contributed by atoms with Gasteiger partial charge in [-0.1, -0.05) is 12.1 Å². The first-order valence-electron chi connectivity index (χ1n) is 16.7. The number of nitrogen functional groups attached to an aromatic ring is 1. The van der Waals surface area contributed by atoms with Crippen molar-refractivity contribution in [1.29, 1.82) is 0 Å². The third-order valence-electron chi connectivity index (χ3n) is 8.45. The Kier molecular flexibility index (Phi) is 11.9. The van der Waals surface area contributed by atoms with Gasteiger partial charge >= 0.3 is 11.1 Å². The molecule has 1 aromatic heterocycles. The Morgan fingerprint density at radius 3 is 2.30 bits per heavy atom. The Hall–Kier alpha value is -6.41. The molecule has 0 unspecified atom stereocenters. The number of aromatic nitrogens is 2. The molecule has 20 heteroatoms. The van der Waals surface area contributed by atoms with Gasteiger partial charge in [0.15, 0.2) is 5.96 Å². The molecule has 286 valence electrons. The molecular formula is C34H41N11O8S. The number of hydrogen-bond acceptors (Lipinski definition) is 11. The first-order chi connectivity index (χ1) is 25.6. The van der Waals surface area contributed by atoms with Crippen molar-refractivity contribution >= 4 is 56.1 Å². The van der Waals surface area contributed by atoms with Crippen molar-refractivity contribution in [1.82, 2.24) is 25.9 Å². The number of rotatable bonds is 9. The van der Waals surface area contributed by atoms with E-state index in [1.54, 1.807) is 24.3 Å². The van der Waals surface area contributed by atoms with E-state index < -0.39 is 57.0 Å². The predicted octanol–water partition coefficient (Wildman–Crippen LogP) is -1.38. The van der Waals surface area contributed by atoms with Crippen LogP contribution in [0.5, 0.6) is 5.75 Å². The second-order valence-corrected chi connectivity index (χ2v) is 14.3. The summed E-state index contributed by atoms with van der Waals surface area (Å²) in [5, 5.41) is 8.17. The molecule has 4 aromatic rings. The van der Waals surface area contributed by atoms with Gasteiger partial charge in [-0.3, -0.25) is 33.7 Å². The number of benzene rings is 3. The summed E-state index contributed by atoms with van der Waals surface area (Å²) in [4.78, 5) is 72.7. The number of amides is 3. The molecule has 3 atom stereocenters. The lowest BCUT2D eigenvalue weighted by molar-refractivity contribution is -0.130. The Bertz CT molecular complexity index is 2320. The molecular weight excluding hydrogens is 723 g/mol. The summed E-state index contributed by atoms with van der Waals surface area (Å²) in [5.41, 5.74) is 22.7. The minimum absolute atomic E-state index is 0.0299. The van der Waals surface area contributed by atoms with Crippen LogP contribution in [0, 0.1) is 6.92 Å². The van der Waals surface area contributed by atoms with E-state index in [2.05, 4.69) is 35.6 Å². The van der Waals surface area contributed by atoms with Gasteiger partial charge in [-0.15, -0.1) is 0 Å². The van der Waals surface area contributed by atoms with Crippen LogP contribution in [0.1, 0.15) is 34.3 Å². The van der Waals surface area contributed by atoms with Crippen LogP contribution in [0.2, 0.25) is 0 Å². The number of carbonyl (C=O) groups excluding carboxylic acids is 3. The number of aryl methyl sites for hydroxylation is 1. The number of nitrogens with two attached hydrogens (primary N) is 4. The topological polar surface area (TPSA) is 325 Å². The molecule has 0 saturated heterocycles. The summed E-state index contributed by atoms with van der Waals surface area (Å²) < 4.78 is 35.7. The quantitative estimate of drug-likeness (QED) is 0.0310. The summed E-state index contributed by atoms with van der Waals surface area (Å²) >= 11 is 0. The maximum absolute atomic E-state index is 13.7. The van der Waals surface area contributed by atoms with Crippen LogP contribution in [0.25, 0.3) is 11.0 Å². The molecule has 54 heavy (non-hydrogen) atoms. The molecule has 0 spiro atoms. The second kappa shape index (κ2) is 16.5. The van der Waals surface area contributed by atoms with E-state index in [0.29, 0.717) is 18.5 Å². The van der Waals surface area contributed by atoms with E-state index >= 15 is 0 Å². The number of aromatic amines is 2. The van der Waals surface area contributed by atoms with Crippen molar-refractivity contribution < 1.29 is 27.5 Å². The Labute approximate surface area is 308 Å². The third kappa shape index (κ3) is 9.72. The summed E-state index contributed by atoms with van der Waals surface area (Å²) in [7, 11) is -4.32. The van der Waals surface area contributed by atoms with E-state index in [9.17, 15) is 32.4 Å². The molecule has 2 heterocycles. The number of sulfonamides is 1. The molecule has 14 N–H and O–H groups in total. The maximum Gasteiger partial charge on any atom is 0.314 e. The minimum Gasteiger partial charge on any atom is -0.491 e. The Morgan fingerprint density at radius 1 is 0.926 bits per heavy atom. The SMILES string of the molecule is Cc1cc2[nH]c(=O)c(=O)[nH]c2cc1S(=O)(=O)Nc1ccc2c(c1)C(=O)NC[C@@H](N)C(=O)N[C@@H](Cc1ccc(N)cc1)C(=O)N[C@@H](CCCN=C(N)N)CO2. The van der Waals surface area contributed by atoms with E-state index in [1.807, 2.05) is 0 Å². The number of H-pyrrole nitrogens is 2. The van der Waals surface area contributed by atoms with Crippen molar-refractivity contribution in [2.75, 3.05) is 30.2 Å². The lowest BCUT2D eigenvalue weighted by Crippen LogP contribution is -2.56. The number of carbonyl (C=O) groups is 3. The van der Waals surface area contributed by atoms with Crippen molar-refractivity contribution in [2.45, 2.75) is 49.2 Å². The van der Waals surface area contributed by atoms with Crippen molar-refractivity contribution in [3.63, 3.8) is 0 Å². The van der Waals surface area contributed by atoms with E-state index in [1.165, 1.54) is 37.3 Å². The van der Waals surface area contributed by atoms with Crippen LogP contribution < -0.4 is 59.5 Å². The molecule has 19 nitrogen and oxygen atoms in total. The molecule has 0 radical (unpaired) electrons. The highest BCUT2D eigenvalue weighted by atomic mass is 32.2. The zero-order chi connectivity index (χ0) is 39.2. The zero-order valence-corrected chi connectivity index (χ0v) is 29.9. The fraction of sp³-hybridized carbons (Fsp3) is 0.294. The number of guanidine groups is 1. The molecule has 1 aliphatic heterocycles. The Morgan fingerprint density at radius 2 is 1.61 bits per heavy atom. The number of nitrogens with zero attached hydrogens (tertiary/aromatic N) is 1. The monoisotopic (exact) mass is 763 g/mol. The van der Waals surface area contributed by atoms with Crippen LogP contribution in [0.15, 0.2) is 74.1 Å². The fourth-order valence-corrected chi connectivity index (χ4v) is 6.96. The zero-order valence-electron chi connectivity index (χ0n) is 29.1. The predicted molar refractivity (Wildman–Crippen MR) is 201 cm³/mol. The van der Waals surface area contributed by atoms with Crippen molar-refractivity contribution in [2.24, 2.45) is 22.2 Å². The van der Waals surface area contributed by atoms with Gasteiger partial charge in [0, 0.05) is 30.9 Å². The average molecular weight is 764 g/mol. The molecule has 0 fully saturated rings. The van der Waals surface area contributed by atoms with Crippen LogP contribution in [0.3, 0.4) is 0 Å². The highest BCUT2D eigenvalue weighted by Crippen LogP contribution is 2.27. The molecule has 5 rings (SSSR count). The van der Waals surface area contributed by atoms with Gasteiger partial charge in [0.05, 0.1) is 27.5 Å². The van der Waals surface area contributed by atoms with Crippen LogP contribution in [-0.4, -0.2) is 79.9 Å². The smallest absolute Gasteiger partial charge is 0.314 e. The molecule has 3 amide bonds. The number of ether oxygens (including phenoxy) is 1. The highest BCUT2D eigenvalue weighted by Gasteiger charge is 2.28. The third-order valence-corrected chi connectivity index (χ3v) is 9.97. The highest BCUT2D eigenvalue weighted by molar-refractivity contribution is 7.92. The normalized spacial score (nSPS) is 18.3. The minimum atomic E-state index is -4.32.